The Morgan fingerprint density at radius 1 is 0.800 bits per heavy atom. The van der Waals surface area contributed by atoms with Crippen LogP contribution in [0.5, 0.6) is 11.5 Å². The van der Waals surface area contributed by atoms with Crippen molar-refractivity contribution in [3.05, 3.63) is 135 Å². The molecule has 2 aliphatic rings. The van der Waals surface area contributed by atoms with Gasteiger partial charge >= 0.3 is 0 Å². The van der Waals surface area contributed by atoms with Gasteiger partial charge in [-0.25, -0.2) is 14.7 Å². The standard InChI is InChI=1S/C41H34N6O3/c1-6-47(7-2)40-23-14-10-18-28(48)32(23)36(33-24(40)15-11-19-29(33)49)38-34(27(20-42)45-3)37(41(38)50)35-30-21(12-8-16-25(30)43)39(46(4)5)22-13-9-17-26(44)31(22)35/h8-19H,6-7,43-44H2,1-2,4-5H3,(H2-,48,49,50)/b34-27-. The Bertz CT molecular complexity index is 2420. The van der Waals surface area contributed by atoms with Crippen LogP contribution < -0.4 is 21.5 Å². The van der Waals surface area contributed by atoms with Crippen LogP contribution in [0.4, 0.5) is 17.1 Å². The van der Waals surface area contributed by atoms with Crippen LogP contribution in [-0.4, -0.2) is 47.7 Å². The molecule has 0 aliphatic heterocycles. The number of phenolic OH excluding ortho intramolecular Hbond substituents is 2. The number of fused-ring (bicyclic) bond motifs is 4. The highest BCUT2D eigenvalue weighted by molar-refractivity contribution is 6.28. The highest BCUT2D eigenvalue weighted by Crippen LogP contribution is 2.58. The van der Waals surface area contributed by atoms with Crippen molar-refractivity contribution in [2.75, 3.05) is 43.6 Å². The normalized spacial score (nSPS) is 14.6. The van der Waals surface area contributed by atoms with Crippen molar-refractivity contribution in [1.82, 2.24) is 0 Å². The molecule has 246 valence electrons. The van der Waals surface area contributed by atoms with E-state index in [-0.39, 0.29) is 39.5 Å². The highest BCUT2D eigenvalue weighted by Gasteiger charge is 2.41. The molecule has 2 aliphatic carbocycles. The predicted molar refractivity (Wildman–Crippen MR) is 198 cm³/mol. The molecule has 50 heavy (non-hydrogen) atoms. The molecule has 0 unspecified atom stereocenters. The molecule has 7 rings (SSSR count). The fourth-order valence-electron chi connectivity index (χ4n) is 7.76. The molecule has 0 saturated heterocycles. The minimum atomic E-state index is -0.465. The highest BCUT2D eigenvalue weighted by atomic mass is 16.3. The third-order valence-corrected chi connectivity index (χ3v) is 9.73. The van der Waals surface area contributed by atoms with Crippen LogP contribution in [0.25, 0.3) is 37.5 Å². The lowest BCUT2D eigenvalue weighted by Crippen LogP contribution is -2.30. The number of nitrogens with two attached hydrogens (primary N) is 2. The minimum Gasteiger partial charge on any atom is -0.872 e. The molecular formula is C41H34N6O3. The first-order valence-electron chi connectivity index (χ1n) is 16.3. The number of phenols is 2. The fourth-order valence-corrected chi connectivity index (χ4v) is 7.76. The van der Waals surface area contributed by atoms with Crippen LogP contribution in [0.1, 0.15) is 41.7 Å². The molecule has 6 N–H and O–H groups in total. The molecule has 0 aromatic heterocycles. The van der Waals surface area contributed by atoms with E-state index in [0.29, 0.717) is 63.1 Å². The van der Waals surface area contributed by atoms with Crippen molar-refractivity contribution in [3.8, 4) is 17.6 Å². The molecular weight excluding hydrogens is 624 g/mol. The van der Waals surface area contributed by atoms with Gasteiger partial charge in [0.25, 0.3) is 5.70 Å². The molecule has 0 atom stereocenters. The van der Waals surface area contributed by atoms with Gasteiger partial charge in [-0.1, -0.05) is 42.2 Å². The average molecular weight is 659 g/mol. The third kappa shape index (κ3) is 4.27. The van der Waals surface area contributed by atoms with Crippen LogP contribution >= 0.6 is 0 Å². The second-order valence-corrected chi connectivity index (χ2v) is 12.5. The van der Waals surface area contributed by atoms with Crippen molar-refractivity contribution < 1.29 is 19.9 Å². The van der Waals surface area contributed by atoms with Crippen molar-refractivity contribution in [2.24, 2.45) is 0 Å². The molecule has 5 aromatic carbocycles. The number of benzene rings is 5. The molecule has 9 heteroatoms. The van der Waals surface area contributed by atoms with Crippen LogP contribution in [0.3, 0.4) is 0 Å². The monoisotopic (exact) mass is 658 g/mol. The largest absolute Gasteiger partial charge is 0.872 e. The summed E-state index contributed by atoms with van der Waals surface area (Å²) >= 11 is 0. The zero-order valence-electron chi connectivity index (χ0n) is 28.1. The van der Waals surface area contributed by atoms with Gasteiger partial charge in [-0.3, -0.25) is 0 Å². The number of aromatic hydroxyl groups is 2. The maximum Gasteiger partial charge on any atom is 0.270 e. The van der Waals surface area contributed by atoms with Gasteiger partial charge in [-0.05, 0) is 61.4 Å². The van der Waals surface area contributed by atoms with Gasteiger partial charge in [-0.15, -0.1) is 0 Å². The lowest BCUT2D eigenvalue weighted by Gasteiger charge is -2.41. The van der Waals surface area contributed by atoms with E-state index < -0.39 is 5.76 Å². The average Bonchev–Trinajstić information content (AvgIpc) is 3.09. The summed E-state index contributed by atoms with van der Waals surface area (Å²) in [6.45, 7) is 13.4. The number of hydrogen-bond donors (Lipinski definition) is 4. The van der Waals surface area contributed by atoms with Gasteiger partial charge in [0.05, 0.1) is 29.5 Å². The number of nitriles is 1. The molecule has 0 heterocycles. The molecule has 9 nitrogen and oxygen atoms in total. The molecule has 0 spiro atoms. The number of nitrogen functional groups attached to an aromatic ring is 2. The topological polar surface area (TPSA) is 150 Å². The lowest BCUT2D eigenvalue weighted by molar-refractivity contribution is -0.519. The quantitative estimate of drug-likeness (QED) is 0.0586. The molecule has 0 bridgehead atoms. The van der Waals surface area contributed by atoms with Gasteiger partial charge in [0.15, 0.2) is 0 Å². The van der Waals surface area contributed by atoms with Crippen molar-refractivity contribution in [1.29, 1.82) is 5.26 Å². The first kappa shape index (κ1) is 31.9. The summed E-state index contributed by atoms with van der Waals surface area (Å²) in [5.74, 6) is -0.678. The Labute approximate surface area is 289 Å². The molecule has 0 radical (unpaired) electrons. The predicted octanol–water partition coefficient (Wildman–Crippen LogP) is 6.12. The fraction of sp³-hybridized carbons (Fsp3) is 0.146. The van der Waals surface area contributed by atoms with Crippen molar-refractivity contribution in [3.63, 3.8) is 0 Å². The van der Waals surface area contributed by atoms with Gasteiger partial charge in [0.1, 0.15) is 24.6 Å². The summed E-state index contributed by atoms with van der Waals surface area (Å²) in [4.78, 5) is 5.58. The molecule has 5 aromatic rings. The van der Waals surface area contributed by atoms with E-state index in [4.69, 9.17) is 18.0 Å². The van der Waals surface area contributed by atoms with Gasteiger partial charge in [0, 0.05) is 74.9 Å². The second kappa shape index (κ2) is 11.8. The van der Waals surface area contributed by atoms with E-state index in [2.05, 4.69) is 9.42 Å². The van der Waals surface area contributed by atoms with E-state index >= 15 is 5.11 Å². The van der Waals surface area contributed by atoms with Crippen LogP contribution in [-0.2, 0) is 0 Å². The van der Waals surface area contributed by atoms with E-state index in [0.717, 1.165) is 22.2 Å². The van der Waals surface area contributed by atoms with Crippen LogP contribution in [0, 0.1) is 17.9 Å². The van der Waals surface area contributed by atoms with E-state index in [9.17, 15) is 15.5 Å². The van der Waals surface area contributed by atoms with Gasteiger partial charge < -0.3 is 31.7 Å². The molecule has 0 fully saturated rings. The second-order valence-electron chi connectivity index (χ2n) is 12.5. The Morgan fingerprint density at radius 2 is 1.30 bits per heavy atom. The Balaban J connectivity index is 1.74. The first-order valence-corrected chi connectivity index (χ1v) is 16.3. The number of anilines is 3. The summed E-state index contributed by atoms with van der Waals surface area (Å²) in [5, 5.41) is 51.3. The summed E-state index contributed by atoms with van der Waals surface area (Å²) in [6, 6.07) is 23.3. The summed E-state index contributed by atoms with van der Waals surface area (Å²) in [6.07, 6.45) is 0. The summed E-state index contributed by atoms with van der Waals surface area (Å²) < 4.78 is 2.13. The number of nitrogens with zero attached hydrogens (tertiary/aromatic N) is 4. The van der Waals surface area contributed by atoms with Crippen LogP contribution in [0.2, 0.25) is 0 Å². The Kier molecular flexibility index (Phi) is 7.50. The summed E-state index contributed by atoms with van der Waals surface area (Å²) in [5.41, 5.74) is 18.5. The summed E-state index contributed by atoms with van der Waals surface area (Å²) in [7, 11) is 3.84. The third-order valence-electron chi connectivity index (χ3n) is 9.73. The van der Waals surface area contributed by atoms with Gasteiger partial charge in [-0.2, -0.15) is 0 Å². The maximum absolute atomic E-state index is 15.1. The smallest absolute Gasteiger partial charge is 0.270 e. The zero-order valence-corrected chi connectivity index (χ0v) is 28.1. The van der Waals surface area contributed by atoms with E-state index in [1.807, 2.05) is 75.3 Å². The Hall–Kier alpha value is -6.71. The van der Waals surface area contributed by atoms with Crippen molar-refractivity contribution in [2.45, 2.75) is 13.8 Å². The van der Waals surface area contributed by atoms with E-state index in [1.54, 1.807) is 24.3 Å². The van der Waals surface area contributed by atoms with Crippen molar-refractivity contribution >= 4 is 55.5 Å². The Morgan fingerprint density at radius 3 is 1.74 bits per heavy atom. The lowest BCUT2D eigenvalue weighted by atomic mass is 9.68. The SMILES string of the molecule is [C-]#[N+]/C(C#N)=C1\C(=C2c3c(O)cccc3C(=[N+](CC)CC)c3cccc(O)c32)C([O-])=C1c1c2c(N)cccc2c(N(C)C)c2cccc(N)c12. The molecule has 0 amide bonds. The first-order chi connectivity index (χ1) is 24.1. The van der Waals surface area contributed by atoms with E-state index in [1.165, 1.54) is 12.1 Å². The zero-order chi connectivity index (χ0) is 35.6. The van der Waals surface area contributed by atoms with Crippen LogP contribution in [0.15, 0.2) is 95.4 Å². The van der Waals surface area contributed by atoms with Gasteiger partial charge in [0.2, 0.25) is 5.71 Å². The molecule has 0 saturated carbocycles. The minimum absolute atomic E-state index is 0.0543. The number of rotatable bonds is 4. The number of allylic oxidation sites excluding steroid dienone is 3. The number of hydrogen-bond acceptors (Lipinski definition) is 7. The maximum atomic E-state index is 15.1.